The second kappa shape index (κ2) is 8.42. The fourth-order valence-electron chi connectivity index (χ4n) is 2.21. The van der Waals surface area contributed by atoms with Crippen LogP contribution in [0.2, 0.25) is 0 Å². The summed E-state index contributed by atoms with van der Waals surface area (Å²) in [7, 11) is -3.53. The Bertz CT molecular complexity index is 972. The lowest BCUT2D eigenvalue weighted by Gasteiger charge is -2.07. The van der Waals surface area contributed by atoms with Crippen molar-refractivity contribution < 1.29 is 13.2 Å². The molecule has 0 aliphatic rings. The second-order valence-electron chi connectivity index (χ2n) is 5.50. The first-order chi connectivity index (χ1) is 12.6. The van der Waals surface area contributed by atoms with Crippen LogP contribution < -0.4 is 9.46 Å². The van der Waals surface area contributed by atoms with Crippen molar-refractivity contribution in [3.63, 3.8) is 0 Å². The summed E-state index contributed by atoms with van der Waals surface area (Å²) in [5.41, 5.74) is 1.61. The molecule has 0 atom stereocenters. The van der Waals surface area contributed by atoms with Gasteiger partial charge in [0.25, 0.3) is 0 Å². The topological polar surface area (TPSA) is 68.3 Å². The molecule has 1 N–H and O–H groups in total. The van der Waals surface area contributed by atoms with Crippen molar-refractivity contribution in [2.24, 2.45) is 0 Å². The van der Waals surface area contributed by atoms with E-state index in [1.165, 1.54) is 0 Å². The Morgan fingerprint density at radius 2 is 1.77 bits per heavy atom. The maximum Gasteiger partial charge on any atom is 0.234 e. The third-order valence-electron chi connectivity index (χ3n) is 3.48. The normalized spacial score (nSPS) is 11.5. The number of benzene rings is 2. The zero-order valence-electron chi connectivity index (χ0n) is 13.9. The van der Waals surface area contributed by atoms with Crippen LogP contribution in [0.4, 0.5) is 0 Å². The van der Waals surface area contributed by atoms with E-state index in [1.807, 2.05) is 48.5 Å². The average Bonchev–Trinajstić information content (AvgIpc) is 2.67. The fraction of sp³-hybridized carbons (Fsp3) is 0.0500. The monoisotopic (exact) mass is 366 g/mol. The maximum absolute atomic E-state index is 12.1. The predicted octanol–water partition coefficient (Wildman–Crippen LogP) is 3.96. The average molecular weight is 366 g/mol. The van der Waals surface area contributed by atoms with Gasteiger partial charge in [-0.2, -0.15) is 0 Å². The smallest absolute Gasteiger partial charge is 0.234 e. The van der Waals surface area contributed by atoms with Crippen molar-refractivity contribution in [2.75, 3.05) is 0 Å². The number of nitrogens with one attached hydrogen (secondary N) is 1. The van der Waals surface area contributed by atoms with E-state index in [9.17, 15) is 8.42 Å². The minimum atomic E-state index is -3.53. The van der Waals surface area contributed by atoms with Crippen LogP contribution in [0.3, 0.4) is 0 Å². The van der Waals surface area contributed by atoms with E-state index in [-0.39, 0.29) is 6.54 Å². The Morgan fingerprint density at radius 1 is 0.962 bits per heavy atom. The highest BCUT2D eigenvalue weighted by Crippen LogP contribution is 2.20. The van der Waals surface area contributed by atoms with Gasteiger partial charge in [-0.1, -0.05) is 48.5 Å². The highest BCUT2D eigenvalue weighted by molar-refractivity contribution is 7.92. The summed E-state index contributed by atoms with van der Waals surface area (Å²) in [6.45, 7) is 0.168. The van der Waals surface area contributed by atoms with Gasteiger partial charge in [-0.05, 0) is 35.4 Å². The molecule has 1 aromatic heterocycles. The Labute approximate surface area is 153 Å². The van der Waals surface area contributed by atoms with Crippen LogP contribution in [0.1, 0.15) is 11.1 Å². The van der Waals surface area contributed by atoms with Gasteiger partial charge < -0.3 is 4.74 Å². The van der Waals surface area contributed by atoms with Gasteiger partial charge in [0.05, 0.1) is 0 Å². The Morgan fingerprint density at radius 3 is 2.54 bits per heavy atom. The van der Waals surface area contributed by atoms with Crippen LogP contribution in [0.5, 0.6) is 11.6 Å². The van der Waals surface area contributed by atoms with E-state index in [0.29, 0.717) is 11.6 Å². The van der Waals surface area contributed by atoms with E-state index in [4.69, 9.17) is 4.74 Å². The molecule has 0 fully saturated rings. The second-order valence-corrected chi connectivity index (χ2v) is 7.15. The van der Waals surface area contributed by atoms with Gasteiger partial charge in [0.2, 0.25) is 15.9 Å². The molecule has 1 heterocycles. The van der Waals surface area contributed by atoms with E-state index >= 15 is 0 Å². The summed E-state index contributed by atoms with van der Waals surface area (Å²) < 4.78 is 32.4. The minimum absolute atomic E-state index is 0.168. The van der Waals surface area contributed by atoms with Crippen LogP contribution in [-0.2, 0) is 16.6 Å². The third kappa shape index (κ3) is 5.54. The molecule has 2 aromatic carbocycles. The standard InChI is InChI=1S/C20H18N2O3S/c23-26(24,14-12-17-7-2-1-3-8-17)22-16-18-9-6-10-19(15-18)25-20-11-4-5-13-21-20/h1-15,22H,16H2/b14-12+. The van der Waals surface area contributed by atoms with E-state index in [0.717, 1.165) is 16.5 Å². The van der Waals surface area contributed by atoms with E-state index in [2.05, 4.69) is 9.71 Å². The first kappa shape index (κ1) is 17.8. The Kier molecular flexibility index (Phi) is 5.78. The maximum atomic E-state index is 12.1. The Balaban J connectivity index is 1.62. The van der Waals surface area contributed by atoms with Gasteiger partial charge in [-0.25, -0.2) is 18.1 Å². The number of nitrogens with zero attached hydrogens (tertiary/aromatic N) is 1. The van der Waals surface area contributed by atoms with Crippen molar-refractivity contribution in [1.82, 2.24) is 9.71 Å². The molecular formula is C20H18N2O3S. The lowest BCUT2D eigenvalue weighted by Crippen LogP contribution is -2.20. The van der Waals surface area contributed by atoms with Crippen molar-refractivity contribution >= 4 is 16.1 Å². The lowest BCUT2D eigenvalue weighted by atomic mass is 10.2. The first-order valence-electron chi connectivity index (χ1n) is 8.01. The highest BCUT2D eigenvalue weighted by atomic mass is 32.2. The predicted molar refractivity (Wildman–Crippen MR) is 102 cm³/mol. The minimum Gasteiger partial charge on any atom is -0.439 e. The summed E-state index contributed by atoms with van der Waals surface area (Å²) in [4.78, 5) is 4.10. The third-order valence-corrected chi connectivity index (χ3v) is 4.52. The van der Waals surface area contributed by atoms with Crippen molar-refractivity contribution in [1.29, 1.82) is 0 Å². The van der Waals surface area contributed by atoms with Crippen LogP contribution in [-0.4, -0.2) is 13.4 Å². The fourth-order valence-corrected chi connectivity index (χ4v) is 3.01. The van der Waals surface area contributed by atoms with Crippen LogP contribution in [0, 0.1) is 0 Å². The first-order valence-corrected chi connectivity index (χ1v) is 9.56. The summed E-state index contributed by atoms with van der Waals surface area (Å²) in [6.07, 6.45) is 3.20. The van der Waals surface area contributed by atoms with Gasteiger partial charge in [-0.15, -0.1) is 0 Å². The van der Waals surface area contributed by atoms with Gasteiger partial charge in [0, 0.05) is 24.2 Å². The number of ether oxygens (including phenoxy) is 1. The van der Waals surface area contributed by atoms with Gasteiger partial charge >= 0.3 is 0 Å². The molecule has 0 amide bonds. The molecular weight excluding hydrogens is 348 g/mol. The lowest BCUT2D eigenvalue weighted by molar-refractivity contribution is 0.462. The van der Waals surface area contributed by atoms with Crippen LogP contribution >= 0.6 is 0 Å². The van der Waals surface area contributed by atoms with Gasteiger partial charge in [-0.3, -0.25) is 0 Å². The molecule has 0 radical (unpaired) electrons. The molecule has 6 heteroatoms. The largest absolute Gasteiger partial charge is 0.439 e. The molecule has 26 heavy (non-hydrogen) atoms. The Hall–Kier alpha value is -2.96. The molecule has 0 bridgehead atoms. The molecule has 0 aliphatic heterocycles. The zero-order valence-corrected chi connectivity index (χ0v) is 14.8. The van der Waals surface area contributed by atoms with Crippen molar-refractivity contribution in [3.8, 4) is 11.6 Å². The summed E-state index contributed by atoms with van der Waals surface area (Å²) in [5.74, 6) is 1.08. The number of aromatic nitrogens is 1. The molecule has 0 unspecified atom stereocenters. The van der Waals surface area contributed by atoms with Crippen LogP contribution in [0.25, 0.3) is 6.08 Å². The molecule has 5 nitrogen and oxygen atoms in total. The number of hydrogen-bond acceptors (Lipinski definition) is 4. The number of hydrogen-bond donors (Lipinski definition) is 1. The SMILES string of the molecule is O=S(=O)(/C=C/c1ccccc1)NCc1cccc(Oc2ccccn2)c1. The summed E-state index contributed by atoms with van der Waals surface area (Å²) in [5, 5.41) is 1.16. The molecule has 3 rings (SSSR count). The van der Waals surface area contributed by atoms with Gasteiger partial charge in [0.15, 0.2) is 0 Å². The number of sulfonamides is 1. The van der Waals surface area contributed by atoms with E-state index in [1.54, 1.807) is 36.5 Å². The molecule has 3 aromatic rings. The van der Waals surface area contributed by atoms with Crippen molar-refractivity contribution in [2.45, 2.75) is 6.54 Å². The number of pyridine rings is 1. The van der Waals surface area contributed by atoms with Gasteiger partial charge in [0.1, 0.15) is 5.75 Å². The quantitative estimate of drug-likeness (QED) is 0.687. The summed E-state index contributed by atoms with van der Waals surface area (Å²) in [6, 6.07) is 21.9. The highest BCUT2D eigenvalue weighted by Gasteiger charge is 2.06. The molecule has 0 saturated heterocycles. The molecule has 0 saturated carbocycles. The van der Waals surface area contributed by atoms with Crippen LogP contribution in [0.15, 0.2) is 84.4 Å². The molecule has 0 spiro atoms. The molecule has 0 aliphatic carbocycles. The van der Waals surface area contributed by atoms with E-state index < -0.39 is 10.0 Å². The van der Waals surface area contributed by atoms with Crippen molar-refractivity contribution in [3.05, 3.63) is 95.5 Å². The molecule has 132 valence electrons. The number of rotatable bonds is 7. The summed E-state index contributed by atoms with van der Waals surface area (Å²) >= 11 is 0. The zero-order chi connectivity index (χ0) is 18.2.